The van der Waals surface area contributed by atoms with E-state index in [4.69, 9.17) is 0 Å². The number of benzene rings is 1. The van der Waals surface area contributed by atoms with E-state index < -0.39 is 0 Å². The molecule has 2 amide bonds. The van der Waals surface area contributed by atoms with Gasteiger partial charge in [0.15, 0.2) is 5.96 Å². The Morgan fingerprint density at radius 3 is 2.35 bits per heavy atom. The van der Waals surface area contributed by atoms with Crippen LogP contribution in [0.25, 0.3) is 0 Å². The summed E-state index contributed by atoms with van der Waals surface area (Å²) in [4.78, 5) is 36.5. The normalized spacial score (nSPS) is 13.3. The fraction of sp³-hybridized carbons (Fsp3) is 0.455. The van der Waals surface area contributed by atoms with E-state index in [0.717, 1.165) is 49.0 Å². The largest absolute Gasteiger partial charge is 0.357 e. The molecule has 1 aromatic heterocycles. The van der Waals surface area contributed by atoms with Crippen LogP contribution in [-0.2, 0) is 6.42 Å². The molecule has 0 fully saturated rings. The Hall–Kier alpha value is -2.01. The number of carbonyl (C=O) groups excluding carboxylic acids is 2. The summed E-state index contributed by atoms with van der Waals surface area (Å²) in [5.41, 5.74) is 2.11. The van der Waals surface area contributed by atoms with E-state index >= 15 is 0 Å². The number of aliphatic imine (C=N–C) groups is 1. The molecule has 1 aromatic carbocycles. The highest BCUT2D eigenvalue weighted by molar-refractivity contribution is 14.0. The second-order valence-corrected chi connectivity index (χ2v) is 8.49. The number of carbonyl (C=O) groups is 2. The number of fused-ring (bicyclic) bond motifs is 1. The number of unbranched alkanes of at least 4 members (excludes halogenated alkanes) is 1. The van der Waals surface area contributed by atoms with Crippen LogP contribution in [0.1, 0.15) is 56.1 Å². The van der Waals surface area contributed by atoms with Gasteiger partial charge in [0.1, 0.15) is 0 Å². The Kier molecular flexibility index (Phi) is 9.89. The third-order valence-corrected chi connectivity index (χ3v) is 6.12. The highest BCUT2D eigenvalue weighted by Crippen LogP contribution is 2.22. The number of imide groups is 1. The molecule has 2 N–H and O–H groups in total. The average Bonchev–Trinajstić information content (AvgIpc) is 3.18. The number of hydrogen-bond donors (Lipinski definition) is 2. The first-order valence-corrected chi connectivity index (χ1v) is 11.2. The van der Waals surface area contributed by atoms with Crippen molar-refractivity contribution >= 4 is 53.1 Å². The first-order chi connectivity index (χ1) is 14.5. The van der Waals surface area contributed by atoms with Gasteiger partial charge in [0.05, 0.1) is 21.8 Å². The molecule has 0 atom stereocenters. The van der Waals surface area contributed by atoms with Gasteiger partial charge in [-0.05, 0) is 45.7 Å². The number of nitrogens with zero attached hydrogens (tertiary/aromatic N) is 3. The van der Waals surface area contributed by atoms with Gasteiger partial charge in [-0.1, -0.05) is 12.1 Å². The first-order valence-electron chi connectivity index (χ1n) is 10.4. The minimum absolute atomic E-state index is 0. The zero-order valence-corrected chi connectivity index (χ0v) is 21.4. The van der Waals surface area contributed by atoms with Gasteiger partial charge in [-0.15, -0.1) is 35.3 Å². The SMILES string of the molecule is CCNC(=NCCCCN1C(=O)c2ccccc2C1=O)NCCc1nc(C)c(C)s1.I. The Morgan fingerprint density at radius 1 is 1.10 bits per heavy atom. The predicted molar refractivity (Wildman–Crippen MR) is 136 cm³/mol. The fourth-order valence-corrected chi connectivity index (χ4v) is 4.22. The van der Waals surface area contributed by atoms with Gasteiger partial charge >= 0.3 is 0 Å². The lowest BCUT2D eigenvalue weighted by molar-refractivity contribution is 0.0652. The lowest BCUT2D eigenvalue weighted by atomic mass is 10.1. The lowest BCUT2D eigenvalue weighted by Crippen LogP contribution is -2.38. The molecule has 9 heteroatoms. The van der Waals surface area contributed by atoms with E-state index in [-0.39, 0.29) is 35.8 Å². The second kappa shape index (κ2) is 12.1. The van der Waals surface area contributed by atoms with Crippen molar-refractivity contribution in [2.75, 3.05) is 26.2 Å². The molecule has 0 spiro atoms. The Labute approximate surface area is 204 Å². The van der Waals surface area contributed by atoms with Gasteiger partial charge in [-0.3, -0.25) is 19.5 Å². The molecular weight excluding hydrogens is 525 g/mol. The molecule has 0 saturated heterocycles. The van der Waals surface area contributed by atoms with Crippen molar-refractivity contribution in [1.29, 1.82) is 0 Å². The van der Waals surface area contributed by atoms with Crippen LogP contribution in [0.4, 0.5) is 0 Å². The van der Waals surface area contributed by atoms with Crippen molar-refractivity contribution in [2.45, 2.75) is 40.0 Å². The molecule has 0 aliphatic carbocycles. The number of thiazole rings is 1. The van der Waals surface area contributed by atoms with Gasteiger partial charge in [-0.25, -0.2) is 4.98 Å². The third-order valence-electron chi connectivity index (χ3n) is 4.99. The van der Waals surface area contributed by atoms with E-state index in [1.165, 1.54) is 9.78 Å². The summed E-state index contributed by atoms with van der Waals surface area (Å²) in [7, 11) is 0. The topological polar surface area (TPSA) is 86.7 Å². The van der Waals surface area contributed by atoms with Crippen molar-refractivity contribution in [3.05, 3.63) is 51.0 Å². The molecule has 7 nitrogen and oxygen atoms in total. The maximum Gasteiger partial charge on any atom is 0.261 e. The molecular formula is C22H30IN5O2S. The number of guanidine groups is 1. The third kappa shape index (κ3) is 6.49. The molecule has 2 heterocycles. The zero-order valence-electron chi connectivity index (χ0n) is 18.2. The van der Waals surface area contributed by atoms with E-state index in [2.05, 4.69) is 27.5 Å². The molecule has 0 saturated carbocycles. The highest BCUT2D eigenvalue weighted by Gasteiger charge is 2.34. The molecule has 2 aromatic rings. The maximum atomic E-state index is 12.4. The van der Waals surface area contributed by atoms with Crippen LogP contribution in [0.15, 0.2) is 29.3 Å². The number of rotatable bonds is 9. The van der Waals surface area contributed by atoms with Gasteiger partial charge in [0.25, 0.3) is 11.8 Å². The minimum atomic E-state index is -0.193. The van der Waals surface area contributed by atoms with Crippen molar-refractivity contribution < 1.29 is 9.59 Å². The van der Waals surface area contributed by atoms with Crippen molar-refractivity contribution in [1.82, 2.24) is 20.5 Å². The molecule has 168 valence electrons. The number of nitrogens with one attached hydrogen (secondary N) is 2. The summed E-state index contributed by atoms with van der Waals surface area (Å²) in [6.45, 7) is 8.78. The number of hydrogen-bond acceptors (Lipinski definition) is 5. The van der Waals surface area contributed by atoms with Crippen LogP contribution < -0.4 is 10.6 Å². The van der Waals surface area contributed by atoms with Crippen LogP contribution in [0, 0.1) is 13.8 Å². The lowest BCUT2D eigenvalue weighted by Gasteiger charge is -2.13. The van der Waals surface area contributed by atoms with Crippen LogP contribution in [0.3, 0.4) is 0 Å². The number of aromatic nitrogens is 1. The predicted octanol–water partition coefficient (Wildman–Crippen LogP) is 3.55. The summed E-state index contributed by atoms with van der Waals surface area (Å²) in [6.07, 6.45) is 2.39. The molecule has 31 heavy (non-hydrogen) atoms. The molecule has 1 aliphatic heterocycles. The van der Waals surface area contributed by atoms with Gasteiger partial charge < -0.3 is 10.6 Å². The number of aryl methyl sites for hydroxylation is 2. The average molecular weight is 555 g/mol. The summed E-state index contributed by atoms with van der Waals surface area (Å²) < 4.78 is 0. The van der Waals surface area contributed by atoms with E-state index in [1.807, 2.05) is 13.8 Å². The van der Waals surface area contributed by atoms with Crippen molar-refractivity contribution in [2.24, 2.45) is 4.99 Å². The zero-order chi connectivity index (χ0) is 21.5. The summed E-state index contributed by atoms with van der Waals surface area (Å²) in [6, 6.07) is 6.99. The first kappa shape index (κ1) is 25.3. The monoisotopic (exact) mass is 555 g/mol. The quantitative estimate of drug-likeness (QED) is 0.163. The standard InChI is InChI=1S/C22H29N5O2S.HI/c1-4-23-22(25-13-11-19-26-15(2)16(3)30-19)24-12-7-8-14-27-20(28)17-9-5-6-10-18(17)21(27)29;/h5-6,9-10H,4,7-8,11-14H2,1-3H3,(H2,23,24,25);1H. The second-order valence-electron chi connectivity index (χ2n) is 7.20. The molecule has 0 bridgehead atoms. The minimum Gasteiger partial charge on any atom is -0.357 e. The summed E-state index contributed by atoms with van der Waals surface area (Å²) >= 11 is 1.74. The molecule has 3 rings (SSSR count). The number of halogens is 1. The fourth-order valence-electron chi connectivity index (χ4n) is 3.29. The summed E-state index contributed by atoms with van der Waals surface area (Å²) in [5, 5.41) is 7.72. The van der Waals surface area contributed by atoms with Crippen LogP contribution in [0.5, 0.6) is 0 Å². The van der Waals surface area contributed by atoms with Crippen LogP contribution in [-0.4, -0.2) is 53.8 Å². The Morgan fingerprint density at radius 2 is 1.77 bits per heavy atom. The van der Waals surface area contributed by atoms with E-state index in [9.17, 15) is 9.59 Å². The van der Waals surface area contributed by atoms with Crippen LogP contribution in [0.2, 0.25) is 0 Å². The summed E-state index contributed by atoms with van der Waals surface area (Å²) in [5.74, 6) is 0.395. The van der Waals surface area contributed by atoms with Crippen LogP contribution >= 0.6 is 35.3 Å². The smallest absolute Gasteiger partial charge is 0.261 e. The Bertz CT molecular complexity index is 889. The molecule has 0 unspecified atom stereocenters. The number of amides is 2. The highest BCUT2D eigenvalue weighted by atomic mass is 127. The maximum absolute atomic E-state index is 12.4. The van der Waals surface area contributed by atoms with E-state index in [1.54, 1.807) is 35.6 Å². The Balaban J connectivity index is 0.00000341. The molecule has 0 radical (unpaired) electrons. The van der Waals surface area contributed by atoms with E-state index in [0.29, 0.717) is 24.2 Å². The van der Waals surface area contributed by atoms with Gasteiger partial charge in [-0.2, -0.15) is 0 Å². The van der Waals surface area contributed by atoms with Crippen molar-refractivity contribution in [3.8, 4) is 0 Å². The van der Waals surface area contributed by atoms with Crippen molar-refractivity contribution in [3.63, 3.8) is 0 Å². The van der Waals surface area contributed by atoms with Gasteiger partial charge in [0.2, 0.25) is 0 Å². The molecule has 1 aliphatic rings. The van der Waals surface area contributed by atoms with Gasteiger partial charge in [0, 0.05) is 37.5 Å².